The molecular formula is C14H13BrClNO. The number of benzene rings is 2. The lowest BCUT2D eigenvalue weighted by atomic mass is 10.2. The summed E-state index contributed by atoms with van der Waals surface area (Å²) in [6.07, 6.45) is 0. The minimum Gasteiger partial charge on any atom is -0.457 e. The van der Waals surface area contributed by atoms with E-state index < -0.39 is 0 Å². The van der Waals surface area contributed by atoms with Gasteiger partial charge < -0.3 is 10.5 Å². The molecule has 0 aliphatic heterocycles. The van der Waals surface area contributed by atoms with E-state index in [-0.39, 0.29) is 0 Å². The smallest absolute Gasteiger partial charge is 0.133 e. The van der Waals surface area contributed by atoms with Gasteiger partial charge in [-0.2, -0.15) is 0 Å². The lowest BCUT2D eigenvalue weighted by molar-refractivity contribution is 0.472. The van der Waals surface area contributed by atoms with Crippen molar-refractivity contribution in [3.05, 3.63) is 57.0 Å². The molecule has 0 saturated carbocycles. The first kappa shape index (κ1) is 13.4. The van der Waals surface area contributed by atoms with Gasteiger partial charge in [0.05, 0.1) is 0 Å². The highest BCUT2D eigenvalue weighted by Gasteiger charge is 2.08. The zero-order chi connectivity index (χ0) is 13.1. The third-order valence-corrected chi connectivity index (χ3v) is 3.61. The van der Waals surface area contributed by atoms with Gasteiger partial charge in [-0.1, -0.05) is 33.6 Å². The predicted molar refractivity (Wildman–Crippen MR) is 78.3 cm³/mol. The highest BCUT2D eigenvalue weighted by molar-refractivity contribution is 9.10. The molecule has 0 bridgehead atoms. The maximum atomic E-state index is 5.92. The van der Waals surface area contributed by atoms with Gasteiger partial charge in [-0.05, 0) is 42.8 Å². The van der Waals surface area contributed by atoms with Crippen molar-refractivity contribution in [3.63, 3.8) is 0 Å². The summed E-state index contributed by atoms with van der Waals surface area (Å²) >= 11 is 9.39. The Morgan fingerprint density at radius 1 is 1.22 bits per heavy atom. The quantitative estimate of drug-likeness (QED) is 0.890. The molecule has 0 radical (unpaired) electrons. The number of hydrogen-bond acceptors (Lipinski definition) is 2. The van der Waals surface area contributed by atoms with Crippen LogP contribution >= 0.6 is 27.5 Å². The van der Waals surface area contributed by atoms with Crippen molar-refractivity contribution in [2.45, 2.75) is 13.5 Å². The van der Waals surface area contributed by atoms with E-state index in [0.29, 0.717) is 11.6 Å². The van der Waals surface area contributed by atoms with E-state index in [1.807, 2.05) is 43.3 Å². The standard InChI is InChI=1S/C14H13BrClNO/c1-9-7-10(16)5-6-13(9)18-14-4-2-3-12(15)11(14)8-17/h2-7H,8,17H2,1H3. The Balaban J connectivity index is 2.37. The van der Waals surface area contributed by atoms with Crippen molar-refractivity contribution < 1.29 is 4.74 Å². The first-order chi connectivity index (χ1) is 8.61. The van der Waals surface area contributed by atoms with Crippen molar-refractivity contribution >= 4 is 27.5 Å². The van der Waals surface area contributed by atoms with Crippen LogP contribution in [-0.2, 0) is 6.54 Å². The van der Waals surface area contributed by atoms with Gasteiger partial charge in [0.25, 0.3) is 0 Å². The maximum Gasteiger partial charge on any atom is 0.133 e. The molecule has 0 unspecified atom stereocenters. The Morgan fingerprint density at radius 3 is 2.67 bits per heavy atom. The monoisotopic (exact) mass is 325 g/mol. The molecule has 94 valence electrons. The van der Waals surface area contributed by atoms with Crippen molar-refractivity contribution in [2.75, 3.05) is 0 Å². The van der Waals surface area contributed by atoms with Gasteiger partial charge in [-0.25, -0.2) is 0 Å². The summed E-state index contributed by atoms with van der Waals surface area (Å²) in [5.74, 6) is 1.55. The average molecular weight is 327 g/mol. The molecule has 2 aromatic rings. The van der Waals surface area contributed by atoms with Crippen LogP contribution in [0.1, 0.15) is 11.1 Å². The Labute approximate surface area is 120 Å². The van der Waals surface area contributed by atoms with E-state index in [9.17, 15) is 0 Å². The van der Waals surface area contributed by atoms with Crippen LogP contribution in [-0.4, -0.2) is 0 Å². The molecule has 0 spiro atoms. The molecule has 0 heterocycles. The van der Waals surface area contributed by atoms with Crippen LogP contribution in [0.2, 0.25) is 5.02 Å². The summed E-state index contributed by atoms with van der Waals surface area (Å²) in [6, 6.07) is 11.3. The Kier molecular flexibility index (Phi) is 4.27. The first-order valence-corrected chi connectivity index (χ1v) is 6.70. The van der Waals surface area contributed by atoms with E-state index in [4.69, 9.17) is 22.1 Å². The second kappa shape index (κ2) is 5.74. The molecule has 0 aliphatic rings. The van der Waals surface area contributed by atoms with Crippen molar-refractivity contribution in [1.29, 1.82) is 0 Å². The number of rotatable bonds is 3. The zero-order valence-electron chi connectivity index (χ0n) is 9.91. The Hall–Kier alpha value is -1.03. The SMILES string of the molecule is Cc1cc(Cl)ccc1Oc1cccc(Br)c1CN. The van der Waals surface area contributed by atoms with Crippen molar-refractivity contribution in [1.82, 2.24) is 0 Å². The van der Waals surface area contributed by atoms with Crippen LogP contribution in [0, 0.1) is 6.92 Å². The third-order valence-electron chi connectivity index (χ3n) is 2.64. The summed E-state index contributed by atoms with van der Waals surface area (Å²) in [7, 11) is 0. The lowest BCUT2D eigenvalue weighted by Crippen LogP contribution is -2.01. The fraction of sp³-hybridized carbons (Fsp3) is 0.143. The molecule has 0 fully saturated rings. The molecule has 0 aromatic heterocycles. The van der Waals surface area contributed by atoms with Crippen LogP contribution in [0.4, 0.5) is 0 Å². The average Bonchev–Trinajstić information content (AvgIpc) is 2.33. The minimum atomic E-state index is 0.420. The second-order valence-electron chi connectivity index (χ2n) is 3.93. The molecule has 2 N–H and O–H groups in total. The number of aryl methyl sites for hydroxylation is 1. The van der Waals surface area contributed by atoms with Crippen LogP contribution in [0.3, 0.4) is 0 Å². The summed E-state index contributed by atoms with van der Waals surface area (Å²) in [5, 5.41) is 0.702. The molecular weight excluding hydrogens is 314 g/mol. The molecule has 4 heteroatoms. The van der Waals surface area contributed by atoms with Gasteiger partial charge in [0.1, 0.15) is 11.5 Å². The van der Waals surface area contributed by atoms with E-state index in [1.165, 1.54) is 0 Å². The minimum absolute atomic E-state index is 0.420. The number of ether oxygens (including phenoxy) is 1. The molecule has 2 rings (SSSR count). The number of halogens is 2. The van der Waals surface area contributed by atoms with Crippen LogP contribution in [0.15, 0.2) is 40.9 Å². The van der Waals surface area contributed by atoms with Crippen molar-refractivity contribution in [2.24, 2.45) is 5.73 Å². The van der Waals surface area contributed by atoms with E-state index >= 15 is 0 Å². The zero-order valence-corrected chi connectivity index (χ0v) is 12.3. The molecule has 0 atom stereocenters. The van der Waals surface area contributed by atoms with E-state index in [2.05, 4.69) is 15.9 Å². The predicted octanol–water partition coefficient (Wildman–Crippen LogP) is 4.66. The molecule has 18 heavy (non-hydrogen) atoms. The normalized spacial score (nSPS) is 10.4. The Bertz CT molecular complexity index is 572. The highest BCUT2D eigenvalue weighted by atomic mass is 79.9. The van der Waals surface area contributed by atoms with Crippen molar-refractivity contribution in [3.8, 4) is 11.5 Å². The van der Waals surface area contributed by atoms with Crippen LogP contribution in [0.25, 0.3) is 0 Å². The summed E-state index contributed by atoms with van der Waals surface area (Å²) in [6.45, 7) is 2.38. The van der Waals surface area contributed by atoms with Gasteiger partial charge in [-0.3, -0.25) is 0 Å². The van der Waals surface area contributed by atoms with E-state index in [1.54, 1.807) is 0 Å². The van der Waals surface area contributed by atoms with Gasteiger partial charge in [0.2, 0.25) is 0 Å². The van der Waals surface area contributed by atoms with Crippen LogP contribution in [0.5, 0.6) is 11.5 Å². The second-order valence-corrected chi connectivity index (χ2v) is 5.22. The molecule has 2 aromatic carbocycles. The van der Waals surface area contributed by atoms with Gasteiger partial charge in [0, 0.05) is 21.6 Å². The molecule has 0 amide bonds. The lowest BCUT2D eigenvalue weighted by Gasteiger charge is -2.13. The summed E-state index contributed by atoms with van der Waals surface area (Å²) in [5.41, 5.74) is 7.68. The first-order valence-electron chi connectivity index (χ1n) is 5.53. The highest BCUT2D eigenvalue weighted by Crippen LogP contribution is 2.32. The van der Waals surface area contributed by atoms with Gasteiger partial charge >= 0.3 is 0 Å². The molecule has 0 aliphatic carbocycles. The summed E-state index contributed by atoms with van der Waals surface area (Å²) < 4.78 is 6.85. The Morgan fingerprint density at radius 2 is 2.00 bits per heavy atom. The maximum absolute atomic E-state index is 5.92. The van der Waals surface area contributed by atoms with Crippen LogP contribution < -0.4 is 10.5 Å². The van der Waals surface area contributed by atoms with E-state index in [0.717, 1.165) is 27.1 Å². The third kappa shape index (κ3) is 2.86. The van der Waals surface area contributed by atoms with Gasteiger partial charge in [0.15, 0.2) is 0 Å². The number of hydrogen-bond donors (Lipinski definition) is 1. The topological polar surface area (TPSA) is 35.2 Å². The van der Waals surface area contributed by atoms with Gasteiger partial charge in [-0.15, -0.1) is 0 Å². The molecule has 2 nitrogen and oxygen atoms in total. The fourth-order valence-corrected chi connectivity index (χ4v) is 2.41. The fourth-order valence-electron chi connectivity index (χ4n) is 1.68. The number of nitrogens with two attached hydrogens (primary N) is 1. The molecule has 0 saturated heterocycles. The largest absolute Gasteiger partial charge is 0.457 e. The summed E-state index contributed by atoms with van der Waals surface area (Å²) in [4.78, 5) is 0.